The molecule has 4 rings (SSSR count). The molecule has 0 saturated carbocycles. The quantitative estimate of drug-likeness (QED) is 0.647. The number of thiophene rings is 1. The van der Waals surface area contributed by atoms with Crippen molar-refractivity contribution >= 4 is 38.2 Å². The molecule has 1 aromatic carbocycles. The fraction of sp³-hybridized carbons (Fsp3) is 0.421. The minimum atomic E-state index is -0.418. The Morgan fingerprint density at radius 1 is 1.36 bits per heavy atom. The molecule has 1 aromatic heterocycles. The molecule has 1 amide bonds. The Morgan fingerprint density at radius 2 is 2.16 bits per heavy atom. The summed E-state index contributed by atoms with van der Waals surface area (Å²) in [5, 5.41) is 17.8. The fourth-order valence-corrected chi connectivity index (χ4v) is 5.83. The fourth-order valence-electron chi connectivity index (χ4n) is 3.85. The number of halogens is 1. The lowest BCUT2D eigenvalue weighted by atomic mass is 9.85. The zero-order valence-corrected chi connectivity index (χ0v) is 16.7. The summed E-state index contributed by atoms with van der Waals surface area (Å²) >= 11 is 5.18. The average Bonchev–Trinajstić information content (AvgIpc) is 2.95. The van der Waals surface area contributed by atoms with Crippen LogP contribution in [0.4, 0.5) is 5.00 Å². The van der Waals surface area contributed by atoms with E-state index in [1.165, 1.54) is 16.9 Å². The number of aromatic hydroxyl groups is 1. The first kappa shape index (κ1) is 16.9. The second-order valence-corrected chi connectivity index (χ2v) is 8.96. The predicted molar refractivity (Wildman–Crippen MR) is 104 cm³/mol. The highest BCUT2D eigenvalue weighted by molar-refractivity contribution is 9.10. The molecule has 1 aliphatic heterocycles. The Hall–Kier alpha value is -1.53. The van der Waals surface area contributed by atoms with Crippen molar-refractivity contribution in [2.24, 2.45) is 5.92 Å². The number of aryl methyl sites for hydroxylation is 1. The summed E-state index contributed by atoms with van der Waals surface area (Å²) in [7, 11) is 0. The van der Waals surface area contributed by atoms with Gasteiger partial charge in [0.15, 0.2) is 0 Å². The van der Waals surface area contributed by atoms with Crippen LogP contribution in [-0.2, 0) is 12.8 Å². The van der Waals surface area contributed by atoms with Crippen molar-refractivity contribution in [2.75, 3.05) is 5.32 Å². The minimum Gasteiger partial charge on any atom is -0.507 e. The molecule has 1 aliphatic carbocycles. The molecule has 2 aromatic rings. The molecule has 2 unspecified atom stereocenters. The van der Waals surface area contributed by atoms with Gasteiger partial charge < -0.3 is 15.7 Å². The van der Waals surface area contributed by atoms with E-state index in [0.29, 0.717) is 5.56 Å². The molecule has 4 nitrogen and oxygen atoms in total. The van der Waals surface area contributed by atoms with Gasteiger partial charge in [-0.15, -0.1) is 11.3 Å². The first-order valence-electron chi connectivity index (χ1n) is 8.68. The van der Waals surface area contributed by atoms with E-state index in [4.69, 9.17) is 0 Å². The molecular formula is C19H21BrN2O2S. The maximum Gasteiger partial charge on any atom is 0.256 e. The molecule has 3 N–H and O–H groups in total. The zero-order valence-electron chi connectivity index (χ0n) is 14.3. The summed E-state index contributed by atoms with van der Waals surface area (Å²) in [6.45, 7) is 4.09. The second kappa shape index (κ2) is 6.32. The van der Waals surface area contributed by atoms with Gasteiger partial charge in [-0.2, -0.15) is 0 Å². The Morgan fingerprint density at radius 3 is 2.92 bits per heavy atom. The van der Waals surface area contributed by atoms with Crippen LogP contribution in [0.25, 0.3) is 0 Å². The van der Waals surface area contributed by atoms with Gasteiger partial charge in [-0.05, 0) is 55.4 Å². The third-order valence-corrected chi connectivity index (χ3v) is 6.97. The van der Waals surface area contributed by atoms with Gasteiger partial charge in [0.25, 0.3) is 5.91 Å². The molecule has 0 fully saturated rings. The number of phenols is 1. The van der Waals surface area contributed by atoms with E-state index in [-0.39, 0.29) is 11.7 Å². The minimum absolute atomic E-state index is 0.0387. The molecule has 2 atom stereocenters. The van der Waals surface area contributed by atoms with Crippen LogP contribution in [0.3, 0.4) is 0 Å². The van der Waals surface area contributed by atoms with Gasteiger partial charge >= 0.3 is 0 Å². The molecule has 6 heteroatoms. The van der Waals surface area contributed by atoms with Crippen LogP contribution in [0.1, 0.15) is 57.9 Å². The number of amides is 1. The molecule has 0 saturated heterocycles. The first-order valence-corrected chi connectivity index (χ1v) is 10.3. The maximum atomic E-state index is 12.8. The van der Waals surface area contributed by atoms with Crippen molar-refractivity contribution in [1.29, 1.82) is 0 Å². The number of rotatable bonds is 2. The maximum absolute atomic E-state index is 12.8. The van der Waals surface area contributed by atoms with E-state index < -0.39 is 6.17 Å². The van der Waals surface area contributed by atoms with Crippen molar-refractivity contribution in [3.63, 3.8) is 0 Å². The lowest BCUT2D eigenvalue weighted by molar-refractivity contribution is 0.0934. The third-order valence-electron chi connectivity index (χ3n) is 5.33. The summed E-state index contributed by atoms with van der Waals surface area (Å²) in [4.78, 5) is 14.1. The topological polar surface area (TPSA) is 61.4 Å². The van der Waals surface area contributed by atoms with Gasteiger partial charge in [-0.3, -0.25) is 4.79 Å². The lowest BCUT2D eigenvalue weighted by Crippen LogP contribution is -2.38. The van der Waals surface area contributed by atoms with Gasteiger partial charge in [0.05, 0.1) is 5.56 Å². The number of hydrogen-bond acceptors (Lipinski definition) is 4. The monoisotopic (exact) mass is 420 g/mol. The van der Waals surface area contributed by atoms with Crippen molar-refractivity contribution in [1.82, 2.24) is 5.32 Å². The normalized spacial score (nSPS) is 22.0. The molecule has 2 heterocycles. The largest absolute Gasteiger partial charge is 0.507 e. The van der Waals surface area contributed by atoms with Gasteiger partial charge in [0, 0.05) is 14.9 Å². The number of anilines is 1. The SMILES string of the molecule is CCC1CCc2c(sc3c2C(=O)NC(c2cc(Br)cc(C)c2O)N3)C1. The first-order chi connectivity index (χ1) is 12.0. The van der Waals surface area contributed by atoms with Gasteiger partial charge in [-0.25, -0.2) is 0 Å². The summed E-state index contributed by atoms with van der Waals surface area (Å²) in [6.07, 6.45) is 3.99. The number of nitrogens with one attached hydrogen (secondary N) is 2. The van der Waals surface area contributed by atoms with Crippen LogP contribution in [0, 0.1) is 12.8 Å². The summed E-state index contributed by atoms with van der Waals surface area (Å²) in [5.41, 5.74) is 3.51. The lowest BCUT2D eigenvalue weighted by Gasteiger charge is -2.28. The van der Waals surface area contributed by atoms with Crippen molar-refractivity contribution in [2.45, 2.75) is 45.7 Å². The molecule has 132 valence electrons. The smallest absolute Gasteiger partial charge is 0.256 e. The Balaban J connectivity index is 1.71. The van der Waals surface area contributed by atoms with E-state index in [1.807, 2.05) is 19.1 Å². The number of hydrogen-bond donors (Lipinski definition) is 3. The van der Waals surface area contributed by atoms with E-state index >= 15 is 0 Å². The molecular weight excluding hydrogens is 400 g/mol. The number of carbonyl (C=O) groups is 1. The highest BCUT2D eigenvalue weighted by atomic mass is 79.9. The van der Waals surface area contributed by atoms with E-state index in [2.05, 4.69) is 33.5 Å². The standard InChI is InChI=1S/C19H21BrN2O2S/c1-3-10-4-5-12-14(7-10)25-19-15(12)18(24)21-17(22-19)13-8-11(20)6-9(2)16(13)23/h6,8,10,17,22-23H,3-5,7H2,1-2H3,(H,21,24). The van der Waals surface area contributed by atoms with E-state index in [9.17, 15) is 9.90 Å². The third kappa shape index (κ3) is 2.85. The summed E-state index contributed by atoms with van der Waals surface area (Å²) in [5.74, 6) is 0.906. The highest BCUT2D eigenvalue weighted by Gasteiger charge is 2.34. The van der Waals surface area contributed by atoms with E-state index in [1.54, 1.807) is 11.3 Å². The van der Waals surface area contributed by atoms with Gasteiger partial charge in [0.2, 0.25) is 0 Å². The number of carbonyl (C=O) groups excluding carboxylic acids is 1. The van der Waals surface area contributed by atoms with Gasteiger partial charge in [0.1, 0.15) is 16.9 Å². The molecule has 0 bridgehead atoms. The van der Waals surface area contributed by atoms with Crippen LogP contribution in [0.2, 0.25) is 0 Å². The van der Waals surface area contributed by atoms with Crippen LogP contribution in [-0.4, -0.2) is 11.0 Å². The van der Waals surface area contributed by atoms with E-state index in [0.717, 1.165) is 45.8 Å². The Kier molecular flexibility index (Phi) is 4.28. The highest BCUT2D eigenvalue weighted by Crippen LogP contribution is 2.44. The van der Waals surface area contributed by atoms with Crippen LogP contribution in [0.15, 0.2) is 16.6 Å². The number of phenolic OH excluding ortho intramolecular Hbond substituents is 1. The molecule has 0 spiro atoms. The molecule has 0 radical (unpaired) electrons. The number of fused-ring (bicyclic) bond motifs is 3. The Labute approximate surface area is 159 Å². The molecule has 2 aliphatic rings. The van der Waals surface area contributed by atoms with Crippen LogP contribution < -0.4 is 10.6 Å². The van der Waals surface area contributed by atoms with Gasteiger partial charge in [-0.1, -0.05) is 29.3 Å². The molecule has 25 heavy (non-hydrogen) atoms. The van der Waals surface area contributed by atoms with Crippen LogP contribution in [0.5, 0.6) is 5.75 Å². The van der Waals surface area contributed by atoms with Crippen molar-refractivity contribution in [3.05, 3.63) is 43.7 Å². The van der Waals surface area contributed by atoms with Crippen LogP contribution >= 0.6 is 27.3 Å². The average molecular weight is 421 g/mol. The zero-order chi connectivity index (χ0) is 17.7. The van der Waals surface area contributed by atoms with Crippen molar-refractivity contribution in [3.8, 4) is 5.75 Å². The summed E-state index contributed by atoms with van der Waals surface area (Å²) in [6, 6.07) is 3.72. The van der Waals surface area contributed by atoms with Crippen molar-refractivity contribution < 1.29 is 9.90 Å². The number of benzene rings is 1. The predicted octanol–water partition coefficient (Wildman–Crippen LogP) is 4.89. The Bertz CT molecular complexity index is 862. The summed E-state index contributed by atoms with van der Waals surface area (Å²) < 4.78 is 0.885. The second-order valence-electron chi connectivity index (χ2n) is 6.94.